The zero-order valence-corrected chi connectivity index (χ0v) is 14.1. The summed E-state index contributed by atoms with van der Waals surface area (Å²) < 4.78 is 16.9. The Balaban J connectivity index is 5.06. The Hall–Kier alpha value is -2.20. The Morgan fingerprint density at radius 3 is 1.19 bits per heavy atom. The molecule has 0 rings (SSSR count). The highest BCUT2D eigenvalue weighted by molar-refractivity contribution is 6.66. The van der Waals surface area contributed by atoms with E-state index in [2.05, 4.69) is 26.3 Å². The average Bonchev–Trinajstić information content (AvgIpc) is 2.36. The second-order valence-electron chi connectivity index (χ2n) is 4.61. The summed E-state index contributed by atoms with van der Waals surface area (Å²) in [7, 11) is -3.09. The van der Waals surface area contributed by atoms with Gasteiger partial charge in [-0.1, -0.05) is 43.0 Å². The van der Waals surface area contributed by atoms with Gasteiger partial charge in [0, 0.05) is 5.70 Å². The van der Waals surface area contributed by atoms with Gasteiger partial charge in [-0.2, -0.15) is 0 Å². The highest BCUT2D eigenvalue weighted by Gasteiger charge is 2.42. The van der Waals surface area contributed by atoms with Gasteiger partial charge in [-0.3, -0.25) is 0 Å². The van der Waals surface area contributed by atoms with Gasteiger partial charge in [-0.25, -0.2) is 0 Å². The van der Waals surface area contributed by atoms with Gasteiger partial charge in [0.2, 0.25) is 0 Å². The summed E-state index contributed by atoms with van der Waals surface area (Å²) in [4.78, 5) is 0. The van der Waals surface area contributed by atoms with Crippen LogP contribution in [0, 0.1) is 0 Å². The van der Waals surface area contributed by atoms with Crippen LogP contribution in [0.25, 0.3) is 0 Å². The van der Waals surface area contributed by atoms with Crippen molar-refractivity contribution in [1.82, 2.24) is 0 Å². The lowest BCUT2D eigenvalue weighted by atomic mass is 10.4. The van der Waals surface area contributed by atoms with Crippen LogP contribution in [0.5, 0.6) is 0 Å². The predicted molar refractivity (Wildman–Crippen MR) is 91.1 cm³/mol. The smallest absolute Gasteiger partial charge is 0.487 e. The molecule has 0 saturated heterocycles. The standard InChI is InChI=1S/C17H24O3Si/c1-8-21(18-12-9-15(2)3,19-13-10-16(4)5)20-14-11-17(6)7/h8-14H,1-2,4,6H2,3,5,7H3. The molecule has 0 aromatic rings. The topological polar surface area (TPSA) is 27.7 Å². The molecule has 0 bridgehead atoms. The minimum atomic E-state index is -3.09. The maximum Gasteiger partial charge on any atom is 0.727 e. The van der Waals surface area contributed by atoms with Crippen LogP contribution in [0.4, 0.5) is 0 Å². The molecule has 0 N–H and O–H groups in total. The zero-order chi connectivity index (χ0) is 16.3. The van der Waals surface area contributed by atoms with Crippen molar-refractivity contribution < 1.29 is 13.3 Å². The maximum absolute atomic E-state index is 5.63. The van der Waals surface area contributed by atoms with Gasteiger partial charge in [-0.05, 0) is 39.0 Å². The van der Waals surface area contributed by atoms with Crippen LogP contribution < -0.4 is 0 Å². The van der Waals surface area contributed by atoms with Crippen molar-refractivity contribution in [3.8, 4) is 0 Å². The minimum absolute atomic E-state index is 0.858. The first kappa shape index (κ1) is 18.8. The summed E-state index contributed by atoms with van der Waals surface area (Å²) in [6.45, 7) is 20.6. The van der Waals surface area contributed by atoms with E-state index in [1.165, 1.54) is 18.8 Å². The van der Waals surface area contributed by atoms with Crippen LogP contribution >= 0.6 is 0 Å². The predicted octanol–water partition coefficient (Wildman–Crippen LogP) is 4.97. The van der Waals surface area contributed by atoms with Crippen molar-refractivity contribution >= 4 is 8.80 Å². The van der Waals surface area contributed by atoms with Gasteiger partial charge < -0.3 is 13.3 Å². The number of hydrogen-bond acceptors (Lipinski definition) is 3. The third-order valence-corrected chi connectivity index (χ3v) is 3.90. The van der Waals surface area contributed by atoms with E-state index < -0.39 is 8.80 Å². The summed E-state index contributed by atoms with van der Waals surface area (Å²) in [5.74, 6) is 0. The molecule has 114 valence electrons. The Morgan fingerprint density at radius 2 is 1.00 bits per heavy atom. The highest BCUT2D eigenvalue weighted by atomic mass is 28.4. The van der Waals surface area contributed by atoms with E-state index in [0.717, 1.165) is 16.7 Å². The van der Waals surface area contributed by atoms with Crippen LogP contribution in [0.1, 0.15) is 20.8 Å². The molecule has 3 nitrogen and oxygen atoms in total. The highest BCUT2D eigenvalue weighted by Crippen LogP contribution is 2.14. The summed E-state index contributed by atoms with van der Waals surface area (Å²) in [6.07, 6.45) is 9.67. The van der Waals surface area contributed by atoms with Gasteiger partial charge >= 0.3 is 8.80 Å². The summed E-state index contributed by atoms with van der Waals surface area (Å²) in [5, 5.41) is 0. The van der Waals surface area contributed by atoms with Crippen molar-refractivity contribution in [3.05, 3.63) is 85.7 Å². The SMILES string of the molecule is C=C[Si](OC=CC(=C)C)(OC=CC(=C)C)OC=CC(=C)C. The van der Waals surface area contributed by atoms with Gasteiger partial charge in [0.1, 0.15) is 0 Å². The van der Waals surface area contributed by atoms with E-state index in [1.807, 2.05) is 20.8 Å². The molecular weight excluding hydrogens is 280 g/mol. The van der Waals surface area contributed by atoms with E-state index in [9.17, 15) is 0 Å². The Morgan fingerprint density at radius 1 is 0.714 bits per heavy atom. The molecular formula is C17H24O3Si. The van der Waals surface area contributed by atoms with Gasteiger partial charge in [-0.15, -0.1) is 0 Å². The lowest BCUT2D eigenvalue weighted by molar-refractivity contribution is 0.197. The van der Waals surface area contributed by atoms with Crippen LogP contribution in [0.2, 0.25) is 0 Å². The second-order valence-corrected chi connectivity index (χ2v) is 6.93. The van der Waals surface area contributed by atoms with Crippen molar-refractivity contribution in [2.45, 2.75) is 20.8 Å². The largest absolute Gasteiger partial charge is 0.727 e. The fraction of sp³-hybridized carbons (Fsp3) is 0.176. The molecule has 0 amide bonds. The van der Waals surface area contributed by atoms with Gasteiger partial charge in [0.05, 0.1) is 18.8 Å². The Bertz CT molecular complexity index is 420. The number of hydrogen-bond donors (Lipinski definition) is 0. The van der Waals surface area contributed by atoms with Crippen LogP contribution in [-0.2, 0) is 13.3 Å². The van der Waals surface area contributed by atoms with Crippen molar-refractivity contribution in [1.29, 1.82) is 0 Å². The molecule has 0 radical (unpaired) electrons. The molecule has 0 aliphatic heterocycles. The van der Waals surface area contributed by atoms with E-state index in [1.54, 1.807) is 23.9 Å². The first-order valence-electron chi connectivity index (χ1n) is 6.44. The third kappa shape index (κ3) is 9.35. The first-order chi connectivity index (χ1) is 9.81. The molecule has 0 spiro atoms. The zero-order valence-electron chi connectivity index (χ0n) is 13.1. The lowest BCUT2D eigenvalue weighted by Gasteiger charge is -2.22. The molecule has 0 fully saturated rings. The minimum Gasteiger partial charge on any atom is -0.487 e. The molecule has 0 aliphatic rings. The van der Waals surface area contributed by atoms with Crippen molar-refractivity contribution in [2.75, 3.05) is 0 Å². The second kappa shape index (κ2) is 9.66. The number of rotatable bonds is 10. The quantitative estimate of drug-likeness (QED) is 0.324. The molecule has 4 heteroatoms. The first-order valence-corrected chi connectivity index (χ1v) is 8.25. The fourth-order valence-corrected chi connectivity index (χ4v) is 2.19. The van der Waals surface area contributed by atoms with E-state index in [4.69, 9.17) is 13.3 Å². The van der Waals surface area contributed by atoms with Gasteiger partial charge in [0.15, 0.2) is 0 Å². The van der Waals surface area contributed by atoms with Crippen molar-refractivity contribution in [2.24, 2.45) is 0 Å². The number of allylic oxidation sites excluding steroid dienone is 6. The Kier molecular flexibility index (Phi) is 8.65. The lowest BCUT2D eigenvalue weighted by Crippen LogP contribution is -2.39. The molecule has 0 unspecified atom stereocenters. The van der Waals surface area contributed by atoms with E-state index in [-0.39, 0.29) is 0 Å². The molecule has 0 saturated carbocycles. The van der Waals surface area contributed by atoms with E-state index in [0.29, 0.717) is 0 Å². The maximum atomic E-state index is 5.63. The van der Waals surface area contributed by atoms with Crippen LogP contribution in [0.15, 0.2) is 85.7 Å². The normalized spacial score (nSPS) is 14.0. The monoisotopic (exact) mass is 304 g/mol. The Labute approximate surface area is 129 Å². The summed E-state index contributed by atoms with van der Waals surface area (Å²) >= 11 is 0. The molecule has 0 aromatic heterocycles. The molecule has 0 aliphatic carbocycles. The molecule has 0 aromatic carbocycles. The fourth-order valence-electron chi connectivity index (χ4n) is 0.963. The molecule has 21 heavy (non-hydrogen) atoms. The van der Waals surface area contributed by atoms with Crippen LogP contribution in [0.3, 0.4) is 0 Å². The summed E-state index contributed by atoms with van der Waals surface area (Å²) in [5.41, 5.74) is 4.12. The van der Waals surface area contributed by atoms with Gasteiger partial charge in [0.25, 0.3) is 0 Å². The average molecular weight is 304 g/mol. The van der Waals surface area contributed by atoms with Crippen LogP contribution in [-0.4, -0.2) is 8.80 Å². The molecule has 0 atom stereocenters. The molecule has 0 heterocycles. The third-order valence-electron chi connectivity index (χ3n) is 2.00. The van der Waals surface area contributed by atoms with Crippen molar-refractivity contribution in [3.63, 3.8) is 0 Å². The van der Waals surface area contributed by atoms with E-state index >= 15 is 0 Å². The summed E-state index contributed by atoms with van der Waals surface area (Å²) in [6, 6.07) is 0.